The van der Waals surface area contributed by atoms with E-state index in [2.05, 4.69) is 0 Å². The fraction of sp³-hybridized carbons (Fsp3) is 1.00. The Hall–Kier alpha value is -0.160. The quantitative estimate of drug-likeness (QED) is 0.521. The number of epoxide rings is 1. The van der Waals surface area contributed by atoms with Crippen LogP contribution in [0.15, 0.2) is 0 Å². The lowest BCUT2D eigenvalue weighted by Gasteiger charge is -2.00. The average molecular weight is 190 g/mol. The average Bonchev–Trinajstić information content (AvgIpc) is 2.96. The predicted molar refractivity (Wildman–Crippen MR) is 47.3 cm³/mol. The number of aliphatic hydroxyl groups excluding tert-OH is 3. The molecule has 0 aromatic carbocycles. The van der Waals surface area contributed by atoms with Crippen LogP contribution in [0.5, 0.6) is 0 Å². The van der Waals surface area contributed by atoms with E-state index in [0.29, 0.717) is 12.2 Å². The minimum atomic E-state index is -0.954. The van der Waals surface area contributed by atoms with Gasteiger partial charge in [0.05, 0.1) is 25.4 Å². The molecule has 0 aromatic rings. The van der Waals surface area contributed by atoms with Gasteiger partial charge in [-0.25, -0.2) is 0 Å². The molecule has 1 aliphatic heterocycles. The van der Waals surface area contributed by atoms with E-state index in [1.165, 1.54) is 25.7 Å². The molecule has 2 unspecified atom stereocenters. The monoisotopic (exact) mass is 190 g/mol. The Kier molecular flexibility index (Phi) is 4.66. The van der Waals surface area contributed by atoms with E-state index in [0.717, 1.165) is 0 Å². The molecule has 0 spiro atoms. The van der Waals surface area contributed by atoms with Crippen molar-refractivity contribution in [2.24, 2.45) is 0 Å². The van der Waals surface area contributed by atoms with Gasteiger partial charge in [-0.2, -0.15) is 0 Å². The van der Waals surface area contributed by atoms with Gasteiger partial charge >= 0.3 is 0 Å². The van der Waals surface area contributed by atoms with E-state index < -0.39 is 6.10 Å². The highest BCUT2D eigenvalue weighted by Crippen LogP contribution is 2.35. The lowest BCUT2D eigenvalue weighted by molar-refractivity contribution is 0.0450. The van der Waals surface area contributed by atoms with Gasteiger partial charge in [0.25, 0.3) is 0 Å². The molecule has 2 rings (SSSR count). The number of fused-ring (bicyclic) bond motifs is 1. The van der Waals surface area contributed by atoms with Gasteiger partial charge in [-0.3, -0.25) is 0 Å². The van der Waals surface area contributed by atoms with Gasteiger partial charge in [0.15, 0.2) is 0 Å². The molecule has 2 aliphatic rings. The number of ether oxygens (including phenoxy) is 1. The second-order valence-electron chi connectivity index (χ2n) is 3.52. The molecular formula is C9H18O4. The molecule has 3 N–H and O–H groups in total. The number of aliphatic hydroxyl groups is 3. The second-order valence-corrected chi connectivity index (χ2v) is 3.52. The molecule has 2 fully saturated rings. The third-order valence-electron chi connectivity index (χ3n) is 2.34. The summed E-state index contributed by atoms with van der Waals surface area (Å²) in [6, 6.07) is 0. The van der Waals surface area contributed by atoms with Crippen molar-refractivity contribution >= 4 is 0 Å². The van der Waals surface area contributed by atoms with Crippen LogP contribution in [0, 0.1) is 0 Å². The van der Waals surface area contributed by atoms with Crippen molar-refractivity contribution in [1.82, 2.24) is 0 Å². The summed E-state index contributed by atoms with van der Waals surface area (Å²) in [6.07, 6.45) is 5.94. The van der Waals surface area contributed by atoms with E-state index in [1.54, 1.807) is 0 Å². The summed E-state index contributed by atoms with van der Waals surface area (Å²) >= 11 is 0. The first-order valence-corrected chi connectivity index (χ1v) is 4.83. The fourth-order valence-corrected chi connectivity index (χ4v) is 1.44. The van der Waals surface area contributed by atoms with Crippen LogP contribution in [0.25, 0.3) is 0 Å². The summed E-state index contributed by atoms with van der Waals surface area (Å²) in [4.78, 5) is 0. The van der Waals surface area contributed by atoms with Crippen LogP contribution >= 0.6 is 0 Å². The minimum Gasteiger partial charge on any atom is -0.394 e. The SMILES string of the molecule is C1CCC2OC2C1.OCC(O)CO. The van der Waals surface area contributed by atoms with Gasteiger partial charge in [-0.15, -0.1) is 0 Å². The van der Waals surface area contributed by atoms with Crippen LogP contribution in [0.1, 0.15) is 25.7 Å². The molecule has 1 aliphatic carbocycles. The molecule has 1 saturated carbocycles. The zero-order valence-corrected chi connectivity index (χ0v) is 7.72. The molecule has 2 atom stereocenters. The highest BCUT2D eigenvalue weighted by molar-refractivity contribution is 4.87. The van der Waals surface area contributed by atoms with Crippen molar-refractivity contribution in [2.45, 2.75) is 44.0 Å². The summed E-state index contributed by atoms with van der Waals surface area (Å²) in [7, 11) is 0. The highest BCUT2D eigenvalue weighted by atomic mass is 16.6. The smallest absolute Gasteiger partial charge is 0.100 e. The van der Waals surface area contributed by atoms with Crippen LogP contribution in [-0.4, -0.2) is 46.8 Å². The Labute approximate surface area is 78.1 Å². The van der Waals surface area contributed by atoms with Crippen LogP contribution in [0.3, 0.4) is 0 Å². The van der Waals surface area contributed by atoms with Gasteiger partial charge in [-0.1, -0.05) is 12.8 Å². The third-order valence-corrected chi connectivity index (χ3v) is 2.34. The highest BCUT2D eigenvalue weighted by Gasteiger charge is 2.39. The third kappa shape index (κ3) is 4.04. The molecule has 4 nitrogen and oxygen atoms in total. The minimum absolute atomic E-state index is 0.365. The lowest BCUT2D eigenvalue weighted by atomic mass is 10.0. The fourth-order valence-electron chi connectivity index (χ4n) is 1.44. The summed E-state index contributed by atoms with van der Waals surface area (Å²) < 4.78 is 5.28. The molecule has 13 heavy (non-hydrogen) atoms. The van der Waals surface area contributed by atoms with Crippen LogP contribution < -0.4 is 0 Å². The normalized spacial score (nSPS) is 30.5. The molecule has 0 radical (unpaired) electrons. The molecule has 0 bridgehead atoms. The Morgan fingerprint density at radius 1 is 1.08 bits per heavy atom. The van der Waals surface area contributed by atoms with Gasteiger partial charge in [0, 0.05) is 0 Å². The van der Waals surface area contributed by atoms with E-state index in [9.17, 15) is 0 Å². The maximum absolute atomic E-state index is 8.17. The van der Waals surface area contributed by atoms with Crippen molar-refractivity contribution in [3.05, 3.63) is 0 Å². The molecule has 78 valence electrons. The van der Waals surface area contributed by atoms with Crippen molar-refractivity contribution in [2.75, 3.05) is 13.2 Å². The first-order valence-electron chi connectivity index (χ1n) is 4.83. The zero-order valence-electron chi connectivity index (χ0n) is 7.72. The molecule has 0 aromatic heterocycles. The molecule has 4 heteroatoms. The summed E-state index contributed by atoms with van der Waals surface area (Å²) in [6.45, 7) is -0.729. The Morgan fingerprint density at radius 2 is 1.54 bits per heavy atom. The van der Waals surface area contributed by atoms with Gasteiger partial charge in [-0.05, 0) is 12.8 Å². The molecule has 0 amide bonds. The zero-order chi connectivity index (χ0) is 9.68. The first-order chi connectivity index (χ1) is 6.27. The standard InChI is InChI=1S/C6H10O.C3H8O3/c1-2-4-6-5(3-1)7-6;4-1-3(6)2-5/h5-6H,1-4H2;3-6H,1-2H2. The van der Waals surface area contributed by atoms with Gasteiger partial charge in [0.2, 0.25) is 0 Å². The van der Waals surface area contributed by atoms with Crippen molar-refractivity contribution in [3.8, 4) is 0 Å². The van der Waals surface area contributed by atoms with Gasteiger partial charge < -0.3 is 20.1 Å². The van der Waals surface area contributed by atoms with Crippen LogP contribution in [0.4, 0.5) is 0 Å². The topological polar surface area (TPSA) is 73.2 Å². The Balaban J connectivity index is 0.000000133. The maximum Gasteiger partial charge on any atom is 0.100 e. The second kappa shape index (κ2) is 5.54. The van der Waals surface area contributed by atoms with E-state index in [1.807, 2.05) is 0 Å². The van der Waals surface area contributed by atoms with Crippen LogP contribution in [0.2, 0.25) is 0 Å². The van der Waals surface area contributed by atoms with Crippen LogP contribution in [-0.2, 0) is 4.74 Å². The van der Waals surface area contributed by atoms with E-state index in [-0.39, 0.29) is 13.2 Å². The first kappa shape index (κ1) is 10.9. The number of rotatable bonds is 2. The largest absolute Gasteiger partial charge is 0.394 e. The molecule has 1 saturated heterocycles. The number of hydrogen-bond donors (Lipinski definition) is 3. The van der Waals surface area contributed by atoms with Crippen molar-refractivity contribution in [1.29, 1.82) is 0 Å². The van der Waals surface area contributed by atoms with Crippen molar-refractivity contribution < 1.29 is 20.1 Å². The summed E-state index contributed by atoms with van der Waals surface area (Å²) in [5.74, 6) is 0. The molecular weight excluding hydrogens is 172 g/mol. The van der Waals surface area contributed by atoms with E-state index in [4.69, 9.17) is 20.1 Å². The van der Waals surface area contributed by atoms with Gasteiger partial charge in [0.1, 0.15) is 6.10 Å². The Morgan fingerprint density at radius 3 is 1.77 bits per heavy atom. The summed E-state index contributed by atoms with van der Waals surface area (Å²) in [5.41, 5.74) is 0. The Bertz CT molecular complexity index is 126. The summed E-state index contributed by atoms with van der Waals surface area (Å²) in [5, 5.41) is 24.0. The lowest BCUT2D eigenvalue weighted by Crippen LogP contribution is -2.15. The predicted octanol–water partition coefficient (Wildman–Crippen LogP) is -0.340. The maximum atomic E-state index is 8.17. The van der Waals surface area contributed by atoms with E-state index >= 15 is 0 Å². The van der Waals surface area contributed by atoms with Crippen molar-refractivity contribution in [3.63, 3.8) is 0 Å². The molecule has 1 heterocycles. The number of hydrogen-bond acceptors (Lipinski definition) is 4.